The number of hydrogen-bond acceptors (Lipinski definition) is 4. The molecule has 0 unspecified atom stereocenters. The number of hydrogen-bond donors (Lipinski definition) is 1. The molecule has 0 aromatic carbocycles. The summed E-state index contributed by atoms with van der Waals surface area (Å²) in [4.78, 5) is 17.3. The van der Waals surface area contributed by atoms with Gasteiger partial charge in [0, 0.05) is 25.9 Å². The Bertz CT molecular complexity index is 432. The van der Waals surface area contributed by atoms with E-state index in [1.807, 2.05) is 11.8 Å². The van der Waals surface area contributed by atoms with E-state index < -0.39 is 5.97 Å². The molecule has 0 amide bonds. The summed E-state index contributed by atoms with van der Waals surface area (Å²) in [5, 5.41) is 9.18. The molecule has 18 heavy (non-hydrogen) atoms. The molecule has 5 nitrogen and oxygen atoms in total. The average molecular weight is 250 g/mol. The van der Waals surface area contributed by atoms with Gasteiger partial charge in [0.05, 0.1) is 6.61 Å². The van der Waals surface area contributed by atoms with E-state index in [0.717, 1.165) is 5.69 Å². The van der Waals surface area contributed by atoms with Crippen molar-refractivity contribution in [3.8, 4) is 0 Å². The van der Waals surface area contributed by atoms with Crippen molar-refractivity contribution in [1.29, 1.82) is 0 Å². The van der Waals surface area contributed by atoms with E-state index in [-0.39, 0.29) is 5.56 Å². The number of methoxy groups -OCH3 is 1. The summed E-state index contributed by atoms with van der Waals surface area (Å²) in [6.45, 7) is 7.10. The lowest BCUT2D eigenvalue weighted by Crippen LogP contribution is -2.30. The van der Waals surface area contributed by atoms with Gasteiger partial charge in [0.15, 0.2) is 0 Å². The first-order valence-electron chi connectivity index (χ1n) is 5.66. The van der Waals surface area contributed by atoms with Crippen molar-refractivity contribution in [2.45, 2.75) is 6.92 Å². The Labute approximate surface area is 107 Å². The first-order valence-corrected chi connectivity index (χ1v) is 5.66. The van der Waals surface area contributed by atoms with Gasteiger partial charge in [-0.05, 0) is 19.1 Å². The Morgan fingerprint density at radius 2 is 2.33 bits per heavy atom. The van der Waals surface area contributed by atoms with E-state index >= 15 is 0 Å². The molecule has 0 aliphatic carbocycles. The molecule has 0 fully saturated rings. The number of aromatic nitrogens is 1. The molecule has 98 valence electrons. The average Bonchev–Trinajstić information content (AvgIpc) is 2.34. The fourth-order valence-corrected chi connectivity index (χ4v) is 1.59. The molecular formula is C13H18N2O3. The molecule has 0 radical (unpaired) electrons. The first kappa shape index (κ1) is 14.2. The van der Waals surface area contributed by atoms with Crippen molar-refractivity contribution in [3.63, 3.8) is 0 Å². The highest BCUT2D eigenvalue weighted by atomic mass is 16.5. The van der Waals surface area contributed by atoms with E-state index in [0.29, 0.717) is 25.5 Å². The van der Waals surface area contributed by atoms with Crippen LogP contribution in [0.2, 0.25) is 0 Å². The highest BCUT2D eigenvalue weighted by molar-refractivity contribution is 5.93. The number of ether oxygens (including phenoxy) is 1. The van der Waals surface area contributed by atoms with Crippen molar-refractivity contribution < 1.29 is 14.6 Å². The number of pyridine rings is 1. The number of aromatic carboxylic acids is 1. The van der Waals surface area contributed by atoms with Crippen LogP contribution in [0, 0.1) is 6.92 Å². The van der Waals surface area contributed by atoms with Gasteiger partial charge in [0.1, 0.15) is 11.4 Å². The van der Waals surface area contributed by atoms with E-state index in [1.165, 1.54) is 0 Å². The summed E-state index contributed by atoms with van der Waals surface area (Å²) in [6, 6.07) is 3.26. The molecule has 0 saturated heterocycles. The van der Waals surface area contributed by atoms with E-state index in [9.17, 15) is 9.90 Å². The third kappa shape index (κ3) is 3.56. The van der Waals surface area contributed by atoms with E-state index in [4.69, 9.17) is 4.74 Å². The summed E-state index contributed by atoms with van der Waals surface area (Å²) in [6.07, 6.45) is 1.71. The smallest absolute Gasteiger partial charge is 0.339 e. The summed E-state index contributed by atoms with van der Waals surface area (Å²) in [7, 11) is 1.61. The highest BCUT2D eigenvalue weighted by Gasteiger charge is 2.16. The van der Waals surface area contributed by atoms with Gasteiger partial charge in [-0.15, -0.1) is 6.58 Å². The van der Waals surface area contributed by atoms with Gasteiger partial charge in [0.25, 0.3) is 0 Å². The van der Waals surface area contributed by atoms with Crippen LogP contribution in [0.4, 0.5) is 5.82 Å². The van der Waals surface area contributed by atoms with Crippen LogP contribution in [0.5, 0.6) is 0 Å². The van der Waals surface area contributed by atoms with Crippen LogP contribution in [-0.2, 0) is 4.74 Å². The molecule has 0 aliphatic rings. The minimum Gasteiger partial charge on any atom is -0.478 e. The van der Waals surface area contributed by atoms with Gasteiger partial charge in [-0.1, -0.05) is 6.08 Å². The predicted octanol–water partition coefficient (Wildman–Crippen LogP) is 1.73. The second kappa shape index (κ2) is 6.76. The maximum atomic E-state index is 11.2. The molecule has 1 heterocycles. The SMILES string of the molecule is C=CCN(CCOC)c1nc(C)ccc1C(=O)O. The molecule has 0 spiro atoms. The van der Waals surface area contributed by atoms with Gasteiger partial charge in [-0.2, -0.15) is 0 Å². The minimum absolute atomic E-state index is 0.193. The summed E-state index contributed by atoms with van der Waals surface area (Å²) in [5.74, 6) is -0.525. The monoisotopic (exact) mass is 250 g/mol. The molecule has 0 aliphatic heterocycles. The summed E-state index contributed by atoms with van der Waals surface area (Å²) >= 11 is 0. The van der Waals surface area contributed by atoms with Gasteiger partial charge in [0.2, 0.25) is 0 Å². The molecule has 1 aromatic rings. The van der Waals surface area contributed by atoms with Crippen LogP contribution in [-0.4, -0.2) is 42.9 Å². The zero-order valence-corrected chi connectivity index (χ0v) is 10.7. The maximum absolute atomic E-state index is 11.2. The number of carbonyl (C=O) groups is 1. The standard InChI is InChI=1S/C13H18N2O3/c1-4-7-15(8-9-18-3)12-11(13(16)17)6-5-10(2)14-12/h4-6H,1,7-9H2,2-3H3,(H,16,17). The number of aryl methyl sites for hydroxylation is 1. The normalized spacial score (nSPS) is 10.1. The quantitative estimate of drug-likeness (QED) is 0.747. The van der Waals surface area contributed by atoms with Crippen LogP contribution in [0.3, 0.4) is 0 Å². The molecule has 5 heteroatoms. The molecule has 0 atom stereocenters. The third-order valence-electron chi connectivity index (χ3n) is 2.46. The molecular weight excluding hydrogens is 232 g/mol. The third-order valence-corrected chi connectivity index (χ3v) is 2.46. The van der Waals surface area contributed by atoms with E-state index in [1.54, 1.807) is 25.3 Å². The van der Waals surface area contributed by atoms with E-state index in [2.05, 4.69) is 11.6 Å². The van der Waals surface area contributed by atoms with Gasteiger partial charge >= 0.3 is 5.97 Å². The Morgan fingerprint density at radius 3 is 2.89 bits per heavy atom. The van der Waals surface area contributed by atoms with Crippen LogP contribution >= 0.6 is 0 Å². The highest BCUT2D eigenvalue weighted by Crippen LogP contribution is 2.18. The maximum Gasteiger partial charge on any atom is 0.339 e. The van der Waals surface area contributed by atoms with Gasteiger partial charge in [-0.3, -0.25) is 0 Å². The number of anilines is 1. The van der Waals surface area contributed by atoms with Crippen LogP contribution in [0.1, 0.15) is 16.1 Å². The summed E-state index contributed by atoms with van der Waals surface area (Å²) in [5.41, 5.74) is 0.972. The minimum atomic E-state index is -0.982. The van der Waals surface area contributed by atoms with Crippen LogP contribution in [0.25, 0.3) is 0 Å². The molecule has 1 N–H and O–H groups in total. The zero-order valence-electron chi connectivity index (χ0n) is 10.7. The fraction of sp³-hybridized carbons (Fsp3) is 0.385. The molecule has 1 rings (SSSR count). The van der Waals surface area contributed by atoms with Crippen LogP contribution < -0.4 is 4.90 Å². The lowest BCUT2D eigenvalue weighted by molar-refractivity contribution is 0.0697. The van der Waals surface area contributed by atoms with Gasteiger partial charge in [-0.25, -0.2) is 9.78 Å². The second-order valence-electron chi connectivity index (χ2n) is 3.86. The topological polar surface area (TPSA) is 62.7 Å². The van der Waals surface area contributed by atoms with Gasteiger partial charge < -0.3 is 14.7 Å². The predicted molar refractivity (Wildman–Crippen MR) is 70.2 cm³/mol. The Morgan fingerprint density at radius 1 is 1.61 bits per heavy atom. The zero-order chi connectivity index (χ0) is 13.5. The number of carboxylic acid groups (broad SMARTS) is 1. The number of nitrogens with zero attached hydrogens (tertiary/aromatic N) is 2. The Kier molecular flexibility index (Phi) is 5.32. The van der Waals surface area contributed by atoms with Crippen molar-refractivity contribution in [2.75, 3.05) is 31.7 Å². The molecule has 0 saturated carbocycles. The molecule has 1 aromatic heterocycles. The number of carboxylic acids is 1. The largest absolute Gasteiger partial charge is 0.478 e. The summed E-state index contributed by atoms with van der Waals surface area (Å²) < 4.78 is 5.02. The van der Waals surface area contributed by atoms with Crippen LogP contribution in [0.15, 0.2) is 24.8 Å². The Hall–Kier alpha value is -1.88. The lowest BCUT2D eigenvalue weighted by atomic mass is 10.2. The first-order chi connectivity index (χ1) is 8.60. The van der Waals surface area contributed by atoms with Crippen molar-refractivity contribution >= 4 is 11.8 Å². The van der Waals surface area contributed by atoms with Crippen molar-refractivity contribution in [3.05, 3.63) is 36.0 Å². The van der Waals surface area contributed by atoms with Crippen molar-refractivity contribution in [2.24, 2.45) is 0 Å². The Balaban J connectivity index is 3.11. The van der Waals surface area contributed by atoms with Crippen molar-refractivity contribution in [1.82, 2.24) is 4.98 Å². The number of rotatable bonds is 7. The second-order valence-corrected chi connectivity index (χ2v) is 3.86. The fourth-order valence-electron chi connectivity index (χ4n) is 1.59. The lowest BCUT2D eigenvalue weighted by Gasteiger charge is -2.23. The molecule has 0 bridgehead atoms.